The topological polar surface area (TPSA) is 33.3 Å². The minimum atomic E-state index is 0.763. The van der Waals surface area contributed by atoms with Gasteiger partial charge in [0, 0.05) is 13.1 Å². The van der Waals surface area contributed by atoms with E-state index in [0.29, 0.717) is 0 Å². The van der Waals surface area contributed by atoms with E-state index < -0.39 is 0 Å². The van der Waals surface area contributed by atoms with Crippen molar-refractivity contribution < 1.29 is 4.74 Å². The second kappa shape index (κ2) is 2.49. The van der Waals surface area contributed by atoms with Crippen LogP contribution in [0.3, 0.4) is 0 Å². The summed E-state index contributed by atoms with van der Waals surface area (Å²) in [4.78, 5) is 0. The highest BCUT2D eigenvalue weighted by molar-refractivity contribution is 5.29. The number of nitrogens with one attached hydrogen (secondary N) is 2. The summed E-state index contributed by atoms with van der Waals surface area (Å²) in [5, 5.41) is 6.46. The van der Waals surface area contributed by atoms with Crippen molar-refractivity contribution in [1.82, 2.24) is 10.6 Å². The van der Waals surface area contributed by atoms with Crippen molar-refractivity contribution in [1.29, 1.82) is 0 Å². The van der Waals surface area contributed by atoms with Gasteiger partial charge in [0.2, 0.25) is 5.88 Å². The second-order valence-electron chi connectivity index (χ2n) is 2.86. The number of dihydropyridines is 1. The maximum Gasteiger partial charge on any atom is 0.211 e. The van der Waals surface area contributed by atoms with Crippen molar-refractivity contribution in [3.63, 3.8) is 0 Å². The predicted octanol–water partition coefficient (Wildman–Crippen LogP) is 0.325. The second-order valence-corrected chi connectivity index (χ2v) is 2.86. The van der Waals surface area contributed by atoms with Crippen LogP contribution >= 0.6 is 0 Å². The van der Waals surface area contributed by atoms with Gasteiger partial charge in [-0.2, -0.15) is 0 Å². The molecular weight excluding hydrogens is 140 g/mol. The minimum Gasteiger partial charge on any atom is -0.476 e. The Morgan fingerprint density at radius 2 is 2.36 bits per heavy atom. The fourth-order valence-corrected chi connectivity index (χ4v) is 1.28. The first-order chi connectivity index (χ1) is 5.36. The van der Waals surface area contributed by atoms with Gasteiger partial charge in [0.05, 0.1) is 5.70 Å². The average molecular weight is 152 g/mol. The molecule has 2 aliphatic heterocycles. The molecular formula is C8H12N2O. The van der Waals surface area contributed by atoms with Gasteiger partial charge in [0.1, 0.15) is 6.61 Å². The van der Waals surface area contributed by atoms with Gasteiger partial charge in [-0.3, -0.25) is 0 Å². The van der Waals surface area contributed by atoms with Gasteiger partial charge in [0.25, 0.3) is 0 Å². The van der Waals surface area contributed by atoms with Crippen LogP contribution in [0.5, 0.6) is 0 Å². The third kappa shape index (κ3) is 1.18. The number of ether oxygens (including phenoxy) is 1. The Bertz CT molecular complexity index is 230. The molecule has 0 saturated heterocycles. The fraction of sp³-hybridized carbons (Fsp3) is 0.500. The van der Waals surface area contributed by atoms with Crippen LogP contribution in [0.1, 0.15) is 6.92 Å². The summed E-state index contributed by atoms with van der Waals surface area (Å²) < 4.78 is 5.39. The molecule has 0 radical (unpaired) electrons. The van der Waals surface area contributed by atoms with E-state index in [9.17, 15) is 0 Å². The molecule has 2 aliphatic rings. The van der Waals surface area contributed by atoms with Crippen molar-refractivity contribution in [2.45, 2.75) is 6.92 Å². The molecule has 2 N–H and O–H groups in total. The summed E-state index contributed by atoms with van der Waals surface area (Å²) in [6.45, 7) is 4.68. The molecule has 0 aromatic carbocycles. The first-order valence-electron chi connectivity index (χ1n) is 3.88. The Morgan fingerprint density at radius 1 is 1.45 bits per heavy atom. The summed E-state index contributed by atoms with van der Waals surface area (Å²) in [5.41, 5.74) is 2.43. The molecule has 2 heterocycles. The molecule has 0 bridgehead atoms. The molecule has 0 aromatic rings. The lowest BCUT2D eigenvalue weighted by Crippen LogP contribution is -2.35. The lowest BCUT2D eigenvalue weighted by molar-refractivity contribution is 0.172. The molecule has 0 spiro atoms. The van der Waals surface area contributed by atoms with E-state index in [0.717, 1.165) is 31.3 Å². The van der Waals surface area contributed by atoms with Gasteiger partial charge in [-0.05, 0) is 13.0 Å². The van der Waals surface area contributed by atoms with Gasteiger partial charge in [-0.25, -0.2) is 0 Å². The van der Waals surface area contributed by atoms with Gasteiger partial charge >= 0.3 is 0 Å². The Morgan fingerprint density at radius 3 is 3.27 bits per heavy atom. The SMILES string of the molecule is CC1=CC2=C(NC1)OCCN2. The van der Waals surface area contributed by atoms with Gasteiger partial charge < -0.3 is 15.4 Å². The Kier molecular flexibility index (Phi) is 1.49. The van der Waals surface area contributed by atoms with E-state index in [2.05, 4.69) is 23.6 Å². The van der Waals surface area contributed by atoms with Crippen molar-refractivity contribution in [3.05, 3.63) is 23.2 Å². The number of hydrogen-bond donors (Lipinski definition) is 2. The highest BCUT2D eigenvalue weighted by Crippen LogP contribution is 2.13. The van der Waals surface area contributed by atoms with Crippen molar-refractivity contribution in [2.24, 2.45) is 0 Å². The van der Waals surface area contributed by atoms with Crippen molar-refractivity contribution in [2.75, 3.05) is 19.7 Å². The Hall–Kier alpha value is -1.12. The largest absolute Gasteiger partial charge is 0.476 e. The van der Waals surface area contributed by atoms with Gasteiger partial charge in [0.15, 0.2) is 0 Å². The average Bonchev–Trinajstić information content (AvgIpc) is 2.04. The van der Waals surface area contributed by atoms with Crippen LogP contribution in [0.25, 0.3) is 0 Å². The van der Waals surface area contributed by atoms with E-state index in [-0.39, 0.29) is 0 Å². The van der Waals surface area contributed by atoms with Crippen LogP contribution in [0.2, 0.25) is 0 Å². The normalized spacial score (nSPS) is 22.5. The number of rotatable bonds is 0. The zero-order valence-electron chi connectivity index (χ0n) is 6.61. The lowest BCUT2D eigenvalue weighted by atomic mass is 10.2. The van der Waals surface area contributed by atoms with Crippen molar-refractivity contribution >= 4 is 0 Å². The van der Waals surface area contributed by atoms with E-state index in [1.165, 1.54) is 5.57 Å². The quantitative estimate of drug-likeness (QED) is 0.524. The first-order valence-corrected chi connectivity index (χ1v) is 3.88. The monoisotopic (exact) mass is 152 g/mol. The van der Waals surface area contributed by atoms with Gasteiger partial charge in [-0.1, -0.05) is 5.57 Å². The number of hydrogen-bond acceptors (Lipinski definition) is 3. The van der Waals surface area contributed by atoms with E-state index in [1.807, 2.05) is 0 Å². The van der Waals surface area contributed by atoms with Crippen LogP contribution in [0.4, 0.5) is 0 Å². The molecule has 3 nitrogen and oxygen atoms in total. The molecule has 0 saturated carbocycles. The zero-order valence-corrected chi connectivity index (χ0v) is 6.61. The number of allylic oxidation sites excluding steroid dienone is 1. The standard InChI is InChI=1S/C8H12N2O/c1-6-4-7-8(10-5-6)11-3-2-9-7/h4,9-10H,2-3,5H2,1H3. The Balaban J connectivity index is 2.25. The summed E-state index contributed by atoms with van der Waals surface area (Å²) in [5.74, 6) is 0.904. The molecule has 2 rings (SSSR count). The first kappa shape index (κ1) is 6.58. The van der Waals surface area contributed by atoms with Crippen LogP contribution < -0.4 is 10.6 Å². The third-order valence-corrected chi connectivity index (χ3v) is 1.83. The lowest BCUT2D eigenvalue weighted by Gasteiger charge is -2.25. The van der Waals surface area contributed by atoms with E-state index in [1.54, 1.807) is 0 Å². The minimum absolute atomic E-state index is 0.763. The van der Waals surface area contributed by atoms with Crippen LogP contribution in [-0.2, 0) is 4.74 Å². The molecule has 0 amide bonds. The summed E-state index contributed by atoms with van der Waals surface area (Å²) >= 11 is 0. The Labute approximate surface area is 66.1 Å². The molecule has 11 heavy (non-hydrogen) atoms. The van der Waals surface area contributed by atoms with Crippen LogP contribution in [0, 0.1) is 0 Å². The summed E-state index contributed by atoms with van der Waals surface area (Å²) in [7, 11) is 0. The van der Waals surface area contributed by atoms with E-state index in [4.69, 9.17) is 4.74 Å². The summed E-state index contributed by atoms with van der Waals surface area (Å²) in [6.07, 6.45) is 2.13. The smallest absolute Gasteiger partial charge is 0.211 e. The predicted molar refractivity (Wildman–Crippen MR) is 42.7 cm³/mol. The molecule has 0 aromatic heterocycles. The third-order valence-electron chi connectivity index (χ3n) is 1.83. The van der Waals surface area contributed by atoms with Gasteiger partial charge in [-0.15, -0.1) is 0 Å². The molecule has 0 atom stereocenters. The molecule has 0 fully saturated rings. The highest BCUT2D eigenvalue weighted by atomic mass is 16.5. The van der Waals surface area contributed by atoms with E-state index >= 15 is 0 Å². The maximum atomic E-state index is 5.39. The molecule has 3 heteroatoms. The van der Waals surface area contributed by atoms with Crippen LogP contribution in [-0.4, -0.2) is 19.7 Å². The van der Waals surface area contributed by atoms with Crippen molar-refractivity contribution in [3.8, 4) is 0 Å². The highest BCUT2D eigenvalue weighted by Gasteiger charge is 2.14. The zero-order chi connectivity index (χ0) is 7.68. The fourth-order valence-electron chi connectivity index (χ4n) is 1.28. The molecule has 0 unspecified atom stereocenters. The molecule has 0 aliphatic carbocycles. The molecule has 60 valence electrons. The summed E-state index contributed by atoms with van der Waals surface area (Å²) in [6, 6.07) is 0. The van der Waals surface area contributed by atoms with Crippen LogP contribution in [0.15, 0.2) is 23.2 Å². The maximum absolute atomic E-state index is 5.39.